The minimum Gasteiger partial charge on any atom is -0.466 e. The van der Waals surface area contributed by atoms with Crippen molar-refractivity contribution >= 4 is 5.97 Å². The van der Waals surface area contributed by atoms with E-state index < -0.39 is 0 Å². The van der Waals surface area contributed by atoms with Crippen molar-refractivity contribution in [3.8, 4) is 0 Å². The summed E-state index contributed by atoms with van der Waals surface area (Å²) in [7, 11) is 0. The van der Waals surface area contributed by atoms with E-state index in [1.165, 1.54) is 6.92 Å². The Hall–Kier alpha value is -0.570. The smallest absolute Gasteiger partial charge is 0.302 e. The van der Waals surface area contributed by atoms with Gasteiger partial charge in [-0.1, -0.05) is 0 Å². The van der Waals surface area contributed by atoms with Crippen molar-refractivity contribution in [2.45, 2.75) is 32.3 Å². The van der Waals surface area contributed by atoms with Gasteiger partial charge in [0.05, 0.1) is 12.7 Å². The van der Waals surface area contributed by atoms with Crippen molar-refractivity contribution in [3.05, 3.63) is 0 Å². The van der Waals surface area contributed by atoms with Crippen molar-refractivity contribution in [1.82, 2.24) is 0 Å². The Morgan fingerprint density at radius 1 is 1.38 bits per heavy atom. The number of carbonyl (C=O) groups is 1. The van der Waals surface area contributed by atoms with Crippen LogP contribution in [0, 0.1) is 17.8 Å². The first-order valence-electron chi connectivity index (χ1n) is 4.98. The molecule has 0 amide bonds. The molecule has 4 unspecified atom stereocenters. The third-order valence-corrected chi connectivity index (χ3v) is 3.47. The van der Waals surface area contributed by atoms with Gasteiger partial charge in [0.1, 0.15) is 0 Å². The summed E-state index contributed by atoms with van der Waals surface area (Å²) in [6, 6.07) is 0. The highest BCUT2D eigenvalue weighted by atomic mass is 16.5. The molecule has 0 radical (unpaired) electrons. The lowest BCUT2D eigenvalue weighted by Crippen LogP contribution is -2.25. The van der Waals surface area contributed by atoms with Gasteiger partial charge in [0.25, 0.3) is 0 Å². The molecule has 2 aliphatic rings. The van der Waals surface area contributed by atoms with Gasteiger partial charge < -0.3 is 9.84 Å². The predicted octanol–water partition coefficient (Wildman–Crippen LogP) is 0.956. The van der Waals surface area contributed by atoms with E-state index in [0.717, 1.165) is 19.3 Å². The number of carbonyl (C=O) groups excluding carboxylic acids is 1. The molecule has 74 valence electrons. The van der Waals surface area contributed by atoms with E-state index in [9.17, 15) is 9.90 Å². The number of ether oxygens (including phenoxy) is 1. The Morgan fingerprint density at radius 3 is 2.62 bits per heavy atom. The molecule has 0 saturated heterocycles. The number of fused-ring (bicyclic) bond motifs is 2. The van der Waals surface area contributed by atoms with Crippen LogP contribution < -0.4 is 0 Å². The lowest BCUT2D eigenvalue weighted by molar-refractivity contribution is -0.143. The van der Waals surface area contributed by atoms with Gasteiger partial charge in [-0.05, 0) is 37.0 Å². The maximum absolute atomic E-state index is 10.6. The van der Waals surface area contributed by atoms with Gasteiger partial charge in [-0.3, -0.25) is 4.79 Å². The Balaban J connectivity index is 1.82. The zero-order valence-electron chi connectivity index (χ0n) is 7.90. The summed E-state index contributed by atoms with van der Waals surface area (Å²) in [5.41, 5.74) is 0. The predicted molar refractivity (Wildman–Crippen MR) is 47.0 cm³/mol. The fourth-order valence-corrected chi connectivity index (χ4v) is 2.79. The summed E-state index contributed by atoms with van der Waals surface area (Å²) in [5.74, 6) is 1.39. The Bertz CT molecular complexity index is 212. The van der Waals surface area contributed by atoms with Gasteiger partial charge in [-0.25, -0.2) is 0 Å². The van der Waals surface area contributed by atoms with Crippen LogP contribution >= 0.6 is 0 Å². The van der Waals surface area contributed by atoms with Gasteiger partial charge in [0.2, 0.25) is 0 Å². The van der Waals surface area contributed by atoms with E-state index in [-0.39, 0.29) is 12.1 Å². The Kier molecular flexibility index (Phi) is 2.28. The van der Waals surface area contributed by atoms with Crippen LogP contribution in [0.5, 0.6) is 0 Å². The number of hydrogen-bond acceptors (Lipinski definition) is 3. The zero-order valence-corrected chi connectivity index (χ0v) is 7.90. The van der Waals surface area contributed by atoms with Crippen LogP contribution in [0.3, 0.4) is 0 Å². The molecule has 1 N–H and O–H groups in total. The molecule has 2 aliphatic carbocycles. The Morgan fingerprint density at radius 2 is 2.15 bits per heavy atom. The highest BCUT2D eigenvalue weighted by Crippen LogP contribution is 2.48. The molecule has 0 aromatic heterocycles. The maximum Gasteiger partial charge on any atom is 0.302 e. The first-order chi connectivity index (χ1) is 6.16. The van der Waals surface area contributed by atoms with Crippen LogP contribution in [0.4, 0.5) is 0 Å². The van der Waals surface area contributed by atoms with Gasteiger partial charge in [-0.2, -0.15) is 0 Å². The quantitative estimate of drug-likeness (QED) is 0.650. The average Bonchev–Trinajstić information content (AvgIpc) is 2.58. The lowest BCUT2D eigenvalue weighted by atomic mass is 9.88. The topological polar surface area (TPSA) is 46.5 Å². The SMILES string of the molecule is CC(=O)OCC1CC2CC1CC2O. The lowest BCUT2D eigenvalue weighted by Gasteiger charge is -2.24. The standard InChI is InChI=1S/C10H16O3/c1-6(11)13-5-9-3-8-2-7(9)4-10(8)12/h7-10,12H,2-5H2,1H3. The van der Waals surface area contributed by atoms with E-state index in [2.05, 4.69) is 0 Å². The monoisotopic (exact) mass is 184 g/mol. The van der Waals surface area contributed by atoms with E-state index in [4.69, 9.17) is 4.74 Å². The molecule has 0 aromatic rings. The van der Waals surface area contributed by atoms with Gasteiger partial charge >= 0.3 is 5.97 Å². The summed E-state index contributed by atoms with van der Waals surface area (Å²) in [6.07, 6.45) is 3.00. The highest BCUT2D eigenvalue weighted by molar-refractivity contribution is 5.65. The van der Waals surface area contributed by atoms with Crippen LogP contribution in [0.2, 0.25) is 0 Å². The van der Waals surface area contributed by atoms with Crippen molar-refractivity contribution in [2.24, 2.45) is 17.8 Å². The first kappa shape index (κ1) is 9.00. The molecule has 2 bridgehead atoms. The molecule has 2 fully saturated rings. The van der Waals surface area contributed by atoms with Crippen LogP contribution in [-0.4, -0.2) is 23.8 Å². The summed E-state index contributed by atoms with van der Waals surface area (Å²) in [4.78, 5) is 10.6. The summed E-state index contributed by atoms with van der Waals surface area (Å²) < 4.78 is 4.99. The average molecular weight is 184 g/mol. The molecular weight excluding hydrogens is 168 g/mol. The molecule has 0 aliphatic heterocycles. The molecule has 3 heteroatoms. The van der Waals surface area contributed by atoms with Crippen LogP contribution in [-0.2, 0) is 9.53 Å². The summed E-state index contributed by atoms with van der Waals surface area (Å²) in [6.45, 7) is 2.01. The Labute approximate surface area is 78.1 Å². The second-order valence-electron chi connectivity index (χ2n) is 4.36. The van der Waals surface area contributed by atoms with Crippen LogP contribution in [0.25, 0.3) is 0 Å². The van der Waals surface area contributed by atoms with E-state index in [1.54, 1.807) is 0 Å². The van der Waals surface area contributed by atoms with E-state index in [1.807, 2.05) is 0 Å². The van der Waals surface area contributed by atoms with Crippen LogP contribution in [0.1, 0.15) is 26.2 Å². The molecule has 0 spiro atoms. The first-order valence-corrected chi connectivity index (χ1v) is 4.98. The zero-order chi connectivity index (χ0) is 9.42. The second-order valence-corrected chi connectivity index (χ2v) is 4.36. The summed E-state index contributed by atoms with van der Waals surface area (Å²) in [5, 5.41) is 9.51. The maximum atomic E-state index is 10.6. The number of esters is 1. The molecule has 0 aromatic carbocycles. The highest BCUT2D eigenvalue weighted by Gasteiger charge is 2.45. The molecule has 2 rings (SSSR count). The second kappa shape index (κ2) is 3.29. The molecule has 13 heavy (non-hydrogen) atoms. The third-order valence-electron chi connectivity index (χ3n) is 3.47. The fraction of sp³-hybridized carbons (Fsp3) is 0.900. The minimum atomic E-state index is -0.191. The molecule has 3 nitrogen and oxygen atoms in total. The number of rotatable bonds is 2. The third kappa shape index (κ3) is 1.70. The molecule has 4 atom stereocenters. The van der Waals surface area contributed by atoms with Gasteiger partial charge in [0, 0.05) is 6.92 Å². The van der Waals surface area contributed by atoms with Gasteiger partial charge in [0.15, 0.2) is 0 Å². The van der Waals surface area contributed by atoms with Crippen molar-refractivity contribution in [1.29, 1.82) is 0 Å². The number of hydrogen-bond donors (Lipinski definition) is 1. The number of aliphatic hydroxyl groups is 1. The minimum absolute atomic E-state index is 0.0846. The van der Waals surface area contributed by atoms with E-state index >= 15 is 0 Å². The van der Waals surface area contributed by atoms with Crippen molar-refractivity contribution in [2.75, 3.05) is 6.61 Å². The fourth-order valence-electron chi connectivity index (χ4n) is 2.79. The van der Waals surface area contributed by atoms with Gasteiger partial charge in [-0.15, -0.1) is 0 Å². The largest absolute Gasteiger partial charge is 0.466 e. The normalized spacial score (nSPS) is 42.3. The number of aliphatic hydroxyl groups excluding tert-OH is 1. The van der Waals surface area contributed by atoms with Crippen molar-refractivity contribution < 1.29 is 14.6 Å². The van der Waals surface area contributed by atoms with Crippen molar-refractivity contribution in [3.63, 3.8) is 0 Å². The van der Waals surface area contributed by atoms with Crippen LogP contribution in [0.15, 0.2) is 0 Å². The molecule has 2 saturated carbocycles. The van der Waals surface area contributed by atoms with E-state index in [0.29, 0.717) is 24.4 Å². The summed E-state index contributed by atoms with van der Waals surface area (Å²) >= 11 is 0. The molecule has 0 heterocycles. The molecular formula is C10H16O3.